The fourth-order valence-electron chi connectivity index (χ4n) is 1.97. The number of ether oxygens (including phenoxy) is 2. The van der Waals surface area contributed by atoms with E-state index in [1.165, 1.54) is 13.8 Å². The van der Waals surface area contributed by atoms with Crippen molar-refractivity contribution >= 4 is 52.8 Å². The average Bonchev–Trinajstić information content (AvgIpc) is 2.63. The molecule has 1 aromatic carbocycles. The molecule has 0 heterocycles. The van der Waals surface area contributed by atoms with Crippen LogP contribution in [0.15, 0.2) is 16.6 Å². The monoisotopic (exact) mass is 450 g/mol. The Labute approximate surface area is 174 Å². The van der Waals surface area contributed by atoms with Gasteiger partial charge >= 0.3 is 17.6 Å². The van der Waals surface area contributed by atoms with E-state index in [0.717, 1.165) is 6.21 Å². The minimum atomic E-state index is -1.23. The molecule has 1 N–H and O–H groups in total. The van der Waals surface area contributed by atoms with Gasteiger partial charge in [-0.15, -0.1) is 0 Å². The Kier molecular flexibility index (Phi) is 8.99. The summed E-state index contributed by atoms with van der Waals surface area (Å²) in [4.78, 5) is 37.1. The molecule has 0 bridgehead atoms. The number of rotatable bonds is 8. The molecule has 0 saturated carbocycles. The van der Waals surface area contributed by atoms with Crippen molar-refractivity contribution in [1.29, 1.82) is 0 Å². The van der Waals surface area contributed by atoms with Crippen molar-refractivity contribution in [2.45, 2.75) is 26.8 Å². The number of nitro benzene ring substituents is 1. The molecule has 1 rings (SSSR count). The third-order valence-electron chi connectivity index (χ3n) is 3.31. The van der Waals surface area contributed by atoms with Gasteiger partial charge in [0.15, 0.2) is 5.02 Å². The molecule has 0 fully saturated rings. The number of aliphatic hydroxyl groups excluding tert-OH is 1. The number of nitro groups is 1. The van der Waals surface area contributed by atoms with Gasteiger partial charge in [-0.3, -0.25) is 19.9 Å². The fraction of sp³-hybridized carbons (Fsp3) is 0.353. The van der Waals surface area contributed by atoms with Gasteiger partial charge in [0.1, 0.15) is 28.8 Å². The van der Waals surface area contributed by atoms with Gasteiger partial charge in [0.25, 0.3) is 0 Å². The van der Waals surface area contributed by atoms with Crippen LogP contribution < -0.4 is 0 Å². The molecule has 1 atom stereocenters. The molecule has 0 aliphatic rings. The molecule has 0 unspecified atom stereocenters. The predicted molar refractivity (Wildman–Crippen MR) is 104 cm³/mol. The molecule has 0 amide bonds. The van der Waals surface area contributed by atoms with Crippen molar-refractivity contribution < 1.29 is 33.5 Å². The first-order chi connectivity index (χ1) is 13.5. The maximum Gasteiger partial charge on any atom is 0.343 e. The van der Waals surface area contributed by atoms with Crippen molar-refractivity contribution in [2.75, 3.05) is 13.2 Å². The lowest BCUT2D eigenvalue weighted by molar-refractivity contribution is -0.384. The summed E-state index contributed by atoms with van der Waals surface area (Å²) in [6, 6.07) is 0.0328. The van der Waals surface area contributed by atoms with Crippen LogP contribution in [0.2, 0.25) is 10.0 Å². The summed E-state index contributed by atoms with van der Waals surface area (Å²) in [6.07, 6.45) is 0.913. The molecule has 0 spiro atoms. The van der Waals surface area contributed by atoms with E-state index in [9.17, 15) is 29.2 Å². The SMILES string of the molecule is CCOC(=O)C(C=N[C@@H](C)COC(C)=O)=C(O)c1cc(F)c(Cl)c([N+](=O)[O-])c1Cl. The molecule has 0 radical (unpaired) electrons. The van der Waals surface area contributed by atoms with Crippen LogP contribution >= 0.6 is 23.2 Å². The lowest BCUT2D eigenvalue weighted by Gasteiger charge is -2.11. The molecule has 1 aromatic rings. The van der Waals surface area contributed by atoms with Gasteiger partial charge in [0.05, 0.1) is 17.6 Å². The van der Waals surface area contributed by atoms with Crippen molar-refractivity contribution in [1.82, 2.24) is 0 Å². The third-order valence-corrected chi connectivity index (χ3v) is 4.05. The van der Waals surface area contributed by atoms with Crippen LogP contribution in [0.25, 0.3) is 5.76 Å². The molecular weight excluding hydrogens is 434 g/mol. The number of benzene rings is 1. The van der Waals surface area contributed by atoms with E-state index in [4.69, 9.17) is 32.7 Å². The van der Waals surface area contributed by atoms with Crippen LogP contribution in [0.4, 0.5) is 10.1 Å². The normalized spacial score (nSPS) is 13.0. The van der Waals surface area contributed by atoms with Crippen LogP contribution in [0.1, 0.15) is 26.3 Å². The molecule has 0 aromatic heterocycles. The lowest BCUT2D eigenvalue weighted by Crippen LogP contribution is -2.15. The summed E-state index contributed by atoms with van der Waals surface area (Å²) < 4.78 is 23.6. The summed E-state index contributed by atoms with van der Waals surface area (Å²) in [5, 5.41) is 20.1. The Balaban J connectivity index is 3.52. The number of hydrogen-bond acceptors (Lipinski definition) is 8. The van der Waals surface area contributed by atoms with E-state index in [1.54, 1.807) is 6.92 Å². The summed E-state index contributed by atoms with van der Waals surface area (Å²) in [5.74, 6) is -3.71. The van der Waals surface area contributed by atoms with Crippen molar-refractivity contribution in [3.63, 3.8) is 0 Å². The van der Waals surface area contributed by atoms with Gasteiger partial charge in [0.2, 0.25) is 0 Å². The number of aliphatic imine (C=N–C) groups is 1. The Morgan fingerprint density at radius 1 is 1.38 bits per heavy atom. The van der Waals surface area contributed by atoms with Gasteiger partial charge in [-0.25, -0.2) is 9.18 Å². The highest BCUT2D eigenvalue weighted by molar-refractivity contribution is 6.39. The van der Waals surface area contributed by atoms with E-state index in [1.807, 2.05) is 0 Å². The molecular formula is C17H17Cl2FN2O7. The first-order valence-electron chi connectivity index (χ1n) is 8.10. The second-order valence-corrected chi connectivity index (χ2v) is 6.31. The van der Waals surface area contributed by atoms with E-state index in [-0.39, 0.29) is 13.2 Å². The van der Waals surface area contributed by atoms with Crippen LogP contribution in [-0.4, -0.2) is 47.4 Å². The molecule has 29 heavy (non-hydrogen) atoms. The van der Waals surface area contributed by atoms with E-state index < -0.39 is 61.3 Å². The highest BCUT2D eigenvalue weighted by atomic mass is 35.5. The fourth-order valence-corrected chi connectivity index (χ4v) is 2.54. The predicted octanol–water partition coefficient (Wildman–Crippen LogP) is 3.90. The number of esters is 2. The topological polar surface area (TPSA) is 128 Å². The summed E-state index contributed by atoms with van der Waals surface area (Å²) in [5.41, 5.74) is -2.07. The molecule has 0 aliphatic carbocycles. The largest absolute Gasteiger partial charge is 0.506 e. The smallest absolute Gasteiger partial charge is 0.343 e. The van der Waals surface area contributed by atoms with Gasteiger partial charge in [-0.2, -0.15) is 0 Å². The Morgan fingerprint density at radius 2 is 2.00 bits per heavy atom. The average molecular weight is 451 g/mol. The molecule has 0 aliphatic heterocycles. The van der Waals surface area contributed by atoms with E-state index in [2.05, 4.69) is 4.99 Å². The van der Waals surface area contributed by atoms with Crippen LogP contribution in [-0.2, 0) is 19.1 Å². The maximum absolute atomic E-state index is 14.0. The zero-order chi connectivity index (χ0) is 22.3. The number of carbonyl (C=O) groups is 2. The van der Waals surface area contributed by atoms with Gasteiger partial charge in [-0.05, 0) is 19.9 Å². The molecule has 0 saturated heterocycles. The van der Waals surface area contributed by atoms with Crippen LogP contribution in [0, 0.1) is 15.9 Å². The van der Waals surface area contributed by atoms with Crippen molar-refractivity contribution in [2.24, 2.45) is 4.99 Å². The van der Waals surface area contributed by atoms with Gasteiger partial charge in [0, 0.05) is 18.7 Å². The minimum absolute atomic E-state index is 0.0602. The van der Waals surface area contributed by atoms with E-state index >= 15 is 0 Å². The first-order valence-corrected chi connectivity index (χ1v) is 8.85. The van der Waals surface area contributed by atoms with Crippen molar-refractivity contribution in [3.05, 3.63) is 43.2 Å². The van der Waals surface area contributed by atoms with Gasteiger partial charge < -0.3 is 14.6 Å². The summed E-state index contributed by atoms with van der Waals surface area (Å²) in [6.45, 7) is 4.10. The standard InChI is InChI=1S/C17H17Cl2FN2O7/c1-4-28-17(25)11(6-21-8(2)7-29-9(3)23)16(24)10-5-12(20)14(19)15(13(10)18)22(26)27/h5-6,8,24H,4,7H2,1-3H3/t8-/m0/s1. The Morgan fingerprint density at radius 3 is 2.52 bits per heavy atom. The maximum atomic E-state index is 14.0. The quantitative estimate of drug-likeness (QED) is 0.121. The first kappa shape index (κ1) is 24.3. The number of nitrogens with zero attached hydrogens (tertiary/aromatic N) is 2. The number of aliphatic hydroxyl groups is 1. The number of halogens is 3. The molecule has 9 nitrogen and oxygen atoms in total. The van der Waals surface area contributed by atoms with Gasteiger partial charge in [-0.1, -0.05) is 23.2 Å². The second-order valence-electron chi connectivity index (χ2n) is 5.55. The van der Waals surface area contributed by atoms with E-state index in [0.29, 0.717) is 6.07 Å². The highest BCUT2D eigenvalue weighted by Gasteiger charge is 2.29. The van der Waals surface area contributed by atoms with Crippen molar-refractivity contribution in [3.8, 4) is 0 Å². The molecule has 158 valence electrons. The zero-order valence-corrected chi connectivity index (χ0v) is 17.1. The zero-order valence-electron chi connectivity index (χ0n) is 15.6. The number of carbonyl (C=O) groups excluding carboxylic acids is 2. The summed E-state index contributed by atoms with van der Waals surface area (Å²) >= 11 is 11.5. The number of hydrogen-bond donors (Lipinski definition) is 1. The highest BCUT2D eigenvalue weighted by Crippen LogP contribution is 2.39. The Bertz CT molecular complexity index is 887. The lowest BCUT2D eigenvalue weighted by atomic mass is 10.1. The van der Waals surface area contributed by atoms with Crippen LogP contribution in [0.3, 0.4) is 0 Å². The minimum Gasteiger partial charge on any atom is -0.506 e. The summed E-state index contributed by atoms with van der Waals surface area (Å²) in [7, 11) is 0. The Hall–Kier alpha value is -2.72. The second kappa shape index (κ2) is 10.7. The molecule has 12 heteroatoms. The van der Waals surface area contributed by atoms with Crippen LogP contribution in [0.5, 0.6) is 0 Å². The third kappa shape index (κ3) is 6.40.